The Morgan fingerprint density at radius 1 is 0.610 bits per heavy atom. The number of fused-ring (bicyclic) bond motifs is 3. The molecular formula is C37H30NO2P. The second-order valence-corrected chi connectivity index (χ2v) is 13.9. The van der Waals surface area contributed by atoms with E-state index in [4.69, 9.17) is 0 Å². The fourth-order valence-corrected chi connectivity index (χ4v) is 9.78. The molecule has 6 aromatic rings. The predicted molar refractivity (Wildman–Crippen MR) is 169 cm³/mol. The van der Waals surface area contributed by atoms with Crippen molar-refractivity contribution in [3.63, 3.8) is 0 Å². The lowest BCUT2D eigenvalue weighted by Gasteiger charge is -2.29. The molecule has 1 aliphatic heterocycles. The molecule has 1 aromatic heterocycles. The number of hydrogen-bond acceptors (Lipinski definition) is 2. The third kappa shape index (κ3) is 3.96. The number of carbonyl (C=O) groups is 1. The van der Waals surface area contributed by atoms with Gasteiger partial charge in [-0.2, -0.15) is 0 Å². The molecule has 3 nitrogen and oxygen atoms in total. The van der Waals surface area contributed by atoms with Gasteiger partial charge in [0.15, 0.2) is 7.14 Å². The van der Waals surface area contributed by atoms with Crippen molar-refractivity contribution in [1.82, 2.24) is 4.57 Å². The number of hydrogen-bond donors (Lipinski definition) is 0. The molecule has 2 atom stereocenters. The summed E-state index contributed by atoms with van der Waals surface area (Å²) in [5, 5.41) is 2.45. The molecule has 5 aromatic carbocycles. The number of benzene rings is 5. The fraction of sp³-hybridized carbons (Fsp3) is 0.108. The number of para-hydroxylation sites is 1. The van der Waals surface area contributed by atoms with E-state index < -0.39 is 18.7 Å². The molecule has 0 fully saturated rings. The van der Waals surface area contributed by atoms with Gasteiger partial charge >= 0.3 is 0 Å². The molecule has 0 saturated carbocycles. The highest BCUT2D eigenvalue weighted by Gasteiger charge is 2.54. The standard InChI is InChI=1S/C37H30NO2P/c1-25-17-21-29(22-18-25)41(40,30-23-19-26(2)20-24-30)36-34(28-13-7-4-8-14-28)35-33(27-11-5-3-6-12-27)31-15-9-10-16-32(31)38(35)37(36)39/h3-24,34,36H,1-2H3/t34-,36+/m1/s1. The minimum atomic E-state index is -3.50. The minimum Gasteiger partial charge on any atom is -0.313 e. The molecule has 0 aliphatic carbocycles. The first-order valence-corrected chi connectivity index (χ1v) is 15.8. The van der Waals surface area contributed by atoms with Crippen molar-refractivity contribution < 1.29 is 9.36 Å². The highest BCUT2D eigenvalue weighted by molar-refractivity contribution is 7.80. The van der Waals surface area contributed by atoms with Crippen molar-refractivity contribution in [2.24, 2.45) is 0 Å². The number of nitrogens with zero attached hydrogens (tertiary/aromatic N) is 1. The Morgan fingerprint density at radius 2 is 1.12 bits per heavy atom. The van der Waals surface area contributed by atoms with E-state index in [1.54, 1.807) is 0 Å². The zero-order chi connectivity index (χ0) is 28.1. The fourth-order valence-electron chi connectivity index (χ4n) is 6.49. The highest BCUT2D eigenvalue weighted by atomic mass is 31.2. The third-order valence-electron chi connectivity index (χ3n) is 8.44. The van der Waals surface area contributed by atoms with Gasteiger partial charge in [0.05, 0.1) is 5.52 Å². The van der Waals surface area contributed by atoms with Crippen LogP contribution in [0.25, 0.3) is 22.0 Å². The van der Waals surface area contributed by atoms with Crippen molar-refractivity contribution in [2.45, 2.75) is 25.4 Å². The largest absolute Gasteiger partial charge is 0.313 e. The Balaban J connectivity index is 1.58. The molecule has 0 bridgehead atoms. The van der Waals surface area contributed by atoms with Crippen LogP contribution in [0.4, 0.5) is 0 Å². The Labute approximate surface area is 240 Å². The average molecular weight is 552 g/mol. The van der Waals surface area contributed by atoms with Crippen LogP contribution >= 0.6 is 7.14 Å². The van der Waals surface area contributed by atoms with Crippen molar-refractivity contribution >= 4 is 34.6 Å². The molecule has 41 heavy (non-hydrogen) atoms. The first kappa shape index (κ1) is 25.5. The summed E-state index contributed by atoms with van der Waals surface area (Å²) in [4.78, 5) is 15.0. The van der Waals surface area contributed by atoms with Crippen LogP contribution in [-0.2, 0) is 4.57 Å². The van der Waals surface area contributed by atoms with Crippen molar-refractivity contribution in [2.75, 3.05) is 0 Å². The molecule has 0 unspecified atom stereocenters. The SMILES string of the molecule is Cc1ccc(P(=O)(c2ccc(C)cc2)[C@@H]2C(=O)n3c(c(-c4ccccc4)c4ccccc43)[C@H]2c2ccccc2)cc1. The number of rotatable bonds is 5. The molecule has 0 N–H and O–H groups in total. The molecule has 2 heterocycles. The molecule has 0 amide bonds. The Hall–Kier alpha value is -4.46. The number of carbonyl (C=O) groups excluding carboxylic acids is 1. The smallest absolute Gasteiger partial charge is 0.243 e. The minimum absolute atomic E-state index is 0.114. The molecule has 0 spiro atoms. The van der Waals surface area contributed by atoms with Gasteiger partial charge in [-0.15, -0.1) is 0 Å². The van der Waals surface area contributed by atoms with E-state index in [1.807, 2.05) is 122 Å². The maximum Gasteiger partial charge on any atom is 0.243 e. The van der Waals surface area contributed by atoms with Gasteiger partial charge in [0.2, 0.25) is 5.91 Å². The van der Waals surface area contributed by atoms with Crippen LogP contribution < -0.4 is 10.6 Å². The average Bonchev–Trinajstić information content (AvgIpc) is 3.51. The maximum absolute atomic E-state index is 16.0. The summed E-state index contributed by atoms with van der Waals surface area (Å²) >= 11 is 0. The zero-order valence-corrected chi connectivity index (χ0v) is 24.0. The van der Waals surface area contributed by atoms with Crippen molar-refractivity contribution in [1.29, 1.82) is 0 Å². The number of aryl methyl sites for hydroxylation is 2. The van der Waals surface area contributed by atoms with E-state index in [0.717, 1.165) is 44.4 Å². The molecule has 1 aliphatic rings. The predicted octanol–water partition coefficient (Wildman–Crippen LogP) is 8.09. The van der Waals surface area contributed by atoms with Gasteiger partial charge in [-0.05, 0) is 31.0 Å². The summed E-state index contributed by atoms with van der Waals surface area (Å²) in [6.07, 6.45) is 0. The van der Waals surface area contributed by atoms with Gasteiger partial charge in [0.25, 0.3) is 0 Å². The lowest BCUT2D eigenvalue weighted by atomic mass is 9.89. The topological polar surface area (TPSA) is 39.1 Å². The van der Waals surface area contributed by atoms with Crippen molar-refractivity contribution in [3.8, 4) is 11.1 Å². The summed E-state index contributed by atoms with van der Waals surface area (Å²) in [5.41, 5.74) is 6.22. The lowest BCUT2D eigenvalue weighted by Crippen LogP contribution is -2.34. The Morgan fingerprint density at radius 3 is 1.71 bits per heavy atom. The quantitative estimate of drug-likeness (QED) is 0.203. The molecule has 7 rings (SSSR count). The van der Waals surface area contributed by atoms with Crippen molar-refractivity contribution in [3.05, 3.63) is 156 Å². The van der Waals surface area contributed by atoms with E-state index in [1.165, 1.54) is 0 Å². The Kier molecular flexibility index (Phi) is 6.14. The summed E-state index contributed by atoms with van der Waals surface area (Å²) in [5.74, 6) is -0.517. The molecular weight excluding hydrogens is 521 g/mol. The lowest BCUT2D eigenvalue weighted by molar-refractivity contribution is 0.0930. The van der Waals surface area contributed by atoms with Crippen LogP contribution in [0.1, 0.15) is 33.1 Å². The van der Waals surface area contributed by atoms with Gasteiger partial charge in [0, 0.05) is 33.2 Å². The van der Waals surface area contributed by atoms with Gasteiger partial charge < -0.3 is 4.57 Å². The van der Waals surface area contributed by atoms with E-state index in [-0.39, 0.29) is 5.91 Å². The second-order valence-electron chi connectivity index (χ2n) is 11.0. The maximum atomic E-state index is 16.0. The number of aromatic nitrogens is 1. The monoisotopic (exact) mass is 551 g/mol. The summed E-state index contributed by atoms with van der Waals surface area (Å²) in [6.45, 7) is 4.05. The third-order valence-corrected chi connectivity index (χ3v) is 11.9. The second kappa shape index (κ2) is 9.87. The van der Waals surface area contributed by atoms with Crippen LogP contribution in [0.5, 0.6) is 0 Å². The van der Waals surface area contributed by atoms with Gasteiger partial charge in [-0.25, -0.2) is 0 Å². The van der Waals surface area contributed by atoms with Crippen LogP contribution in [0.2, 0.25) is 0 Å². The van der Waals surface area contributed by atoms with Crippen LogP contribution in [0, 0.1) is 13.8 Å². The van der Waals surface area contributed by atoms with E-state index >= 15 is 4.57 Å². The zero-order valence-electron chi connectivity index (χ0n) is 23.1. The first-order chi connectivity index (χ1) is 20.0. The van der Waals surface area contributed by atoms with Crippen LogP contribution in [0.15, 0.2) is 133 Å². The summed E-state index contributed by atoms with van der Waals surface area (Å²) in [7, 11) is -3.50. The molecule has 0 saturated heterocycles. The highest BCUT2D eigenvalue weighted by Crippen LogP contribution is 2.60. The van der Waals surface area contributed by atoms with E-state index in [0.29, 0.717) is 10.6 Å². The van der Waals surface area contributed by atoms with Crippen LogP contribution in [0.3, 0.4) is 0 Å². The van der Waals surface area contributed by atoms with Gasteiger partial charge in [-0.3, -0.25) is 9.36 Å². The first-order valence-electron chi connectivity index (χ1n) is 14.0. The van der Waals surface area contributed by atoms with Gasteiger partial charge in [-0.1, -0.05) is 139 Å². The normalized spacial score (nSPS) is 16.7. The molecule has 200 valence electrons. The summed E-state index contributed by atoms with van der Waals surface area (Å²) < 4.78 is 17.8. The molecule has 4 heteroatoms. The summed E-state index contributed by atoms with van der Waals surface area (Å²) in [6, 6.07) is 44.3. The van der Waals surface area contributed by atoms with E-state index in [2.05, 4.69) is 30.3 Å². The van der Waals surface area contributed by atoms with E-state index in [9.17, 15) is 4.79 Å². The molecule has 0 radical (unpaired) electrons. The van der Waals surface area contributed by atoms with Gasteiger partial charge in [0.1, 0.15) is 5.66 Å². The van der Waals surface area contributed by atoms with Crippen LogP contribution in [-0.4, -0.2) is 16.1 Å². The Bertz CT molecular complexity index is 1890.